The number of benzene rings is 1. The number of amides is 1. The summed E-state index contributed by atoms with van der Waals surface area (Å²) in [4.78, 5) is 19.2. The van der Waals surface area contributed by atoms with Gasteiger partial charge in [0.15, 0.2) is 5.96 Å². The van der Waals surface area contributed by atoms with Crippen LogP contribution in [-0.4, -0.2) is 56.6 Å². The van der Waals surface area contributed by atoms with E-state index in [9.17, 15) is 4.79 Å². The standard InChI is InChI=1S/C24H38N4O2.HI/c1-18(19-9-11-22(30-3)12-10-19)13-15-26-24(25-2)27-21-14-16-28(17-21)23(29)20-7-5-4-6-8-20;/h9-12,18,20-21H,4-8,13-17H2,1-3H3,(H2,25,26,27);1H. The lowest BCUT2D eigenvalue weighted by Gasteiger charge is -2.26. The molecule has 1 saturated heterocycles. The Morgan fingerprint density at radius 1 is 1.19 bits per heavy atom. The maximum absolute atomic E-state index is 12.8. The molecule has 1 aromatic carbocycles. The Hall–Kier alpha value is -1.51. The van der Waals surface area contributed by atoms with E-state index in [0.29, 0.717) is 11.8 Å². The SMILES string of the molecule is CN=C(NCCC(C)c1ccc(OC)cc1)NC1CCN(C(=O)C2CCCCC2)C1.I. The van der Waals surface area contributed by atoms with Crippen molar-refractivity contribution in [1.82, 2.24) is 15.5 Å². The van der Waals surface area contributed by atoms with E-state index in [-0.39, 0.29) is 35.9 Å². The van der Waals surface area contributed by atoms with Gasteiger partial charge in [0.05, 0.1) is 7.11 Å². The number of nitrogens with zero attached hydrogens (tertiary/aromatic N) is 2. The van der Waals surface area contributed by atoms with Crippen molar-refractivity contribution in [2.75, 3.05) is 33.8 Å². The lowest BCUT2D eigenvalue weighted by Crippen LogP contribution is -2.45. The van der Waals surface area contributed by atoms with Gasteiger partial charge in [0.1, 0.15) is 5.75 Å². The van der Waals surface area contributed by atoms with Gasteiger partial charge in [-0.05, 0) is 49.3 Å². The second kappa shape index (κ2) is 13.1. The van der Waals surface area contributed by atoms with Crippen LogP contribution < -0.4 is 15.4 Å². The summed E-state index contributed by atoms with van der Waals surface area (Å²) in [7, 11) is 3.50. The molecule has 2 aliphatic rings. The highest BCUT2D eigenvalue weighted by Crippen LogP contribution is 2.27. The number of hydrogen-bond acceptors (Lipinski definition) is 3. The van der Waals surface area contributed by atoms with Gasteiger partial charge in [-0.1, -0.05) is 38.3 Å². The Balaban J connectivity index is 0.00000341. The fourth-order valence-corrected chi connectivity index (χ4v) is 4.58. The number of aliphatic imine (C=N–C) groups is 1. The Morgan fingerprint density at radius 2 is 1.90 bits per heavy atom. The highest BCUT2D eigenvalue weighted by molar-refractivity contribution is 14.0. The zero-order valence-corrected chi connectivity index (χ0v) is 21.6. The van der Waals surface area contributed by atoms with Crippen LogP contribution in [0.4, 0.5) is 0 Å². The molecule has 0 spiro atoms. The van der Waals surface area contributed by atoms with Crippen molar-refractivity contribution in [3.05, 3.63) is 29.8 Å². The third kappa shape index (κ3) is 7.54. The Labute approximate surface area is 204 Å². The number of methoxy groups -OCH3 is 1. The first-order valence-electron chi connectivity index (χ1n) is 11.5. The van der Waals surface area contributed by atoms with Crippen molar-refractivity contribution >= 4 is 35.8 Å². The molecule has 1 heterocycles. The molecule has 2 unspecified atom stereocenters. The van der Waals surface area contributed by atoms with Crippen LogP contribution in [-0.2, 0) is 4.79 Å². The van der Waals surface area contributed by atoms with Gasteiger partial charge >= 0.3 is 0 Å². The molecule has 2 fully saturated rings. The van der Waals surface area contributed by atoms with E-state index < -0.39 is 0 Å². The Bertz CT molecular complexity index is 704. The molecule has 1 aliphatic heterocycles. The summed E-state index contributed by atoms with van der Waals surface area (Å²) in [5.74, 6) is 2.80. The highest BCUT2D eigenvalue weighted by Gasteiger charge is 2.31. The molecule has 31 heavy (non-hydrogen) atoms. The van der Waals surface area contributed by atoms with Crippen LogP contribution in [0.25, 0.3) is 0 Å². The molecule has 0 bridgehead atoms. The summed E-state index contributed by atoms with van der Waals surface area (Å²) in [6, 6.07) is 8.57. The van der Waals surface area contributed by atoms with Crippen molar-refractivity contribution in [3.8, 4) is 5.75 Å². The van der Waals surface area contributed by atoms with Gasteiger partial charge in [0.2, 0.25) is 5.91 Å². The molecule has 0 radical (unpaired) electrons. The van der Waals surface area contributed by atoms with Crippen LogP contribution in [0, 0.1) is 5.92 Å². The average molecular weight is 543 g/mol. The van der Waals surface area contributed by atoms with Crippen LogP contribution in [0.3, 0.4) is 0 Å². The first kappa shape index (κ1) is 25.7. The van der Waals surface area contributed by atoms with Crippen molar-refractivity contribution in [2.45, 2.75) is 63.8 Å². The van der Waals surface area contributed by atoms with Gasteiger partial charge in [-0.15, -0.1) is 24.0 Å². The summed E-state index contributed by atoms with van der Waals surface area (Å²) in [6.07, 6.45) is 7.85. The number of hydrogen-bond donors (Lipinski definition) is 2. The number of halogens is 1. The molecular formula is C24H39IN4O2. The second-order valence-electron chi connectivity index (χ2n) is 8.71. The quantitative estimate of drug-likeness (QED) is 0.309. The van der Waals surface area contributed by atoms with Gasteiger partial charge in [0.25, 0.3) is 0 Å². The molecule has 1 aromatic rings. The molecule has 1 saturated carbocycles. The van der Waals surface area contributed by atoms with E-state index in [4.69, 9.17) is 4.74 Å². The molecule has 1 aliphatic carbocycles. The summed E-state index contributed by atoms with van der Waals surface area (Å²) in [5.41, 5.74) is 1.31. The highest BCUT2D eigenvalue weighted by atomic mass is 127. The number of carbonyl (C=O) groups excluding carboxylic acids is 1. The van der Waals surface area contributed by atoms with Crippen molar-refractivity contribution in [3.63, 3.8) is 0 Å². The van der Waals surface area contributed by atoms with Crippen LogP contribution >= 0.6 is 24.0 Å². The summed E-state index contributed by atoms with van der Waals surface area (Å²) >= 11 is 0. The lowest BCUT2D eigenvalue weighted by molar-refractivity contribution is -0.135. The third-order valence-corrected chi connectivity index (χ3v) is 6.57. The first-order chi connectivity index (χ1) is 14.6. The second-order valence-corrected chi connectivity index (χ2v) is 8.71. The maximum atomic E-state index is 12.8. The van der Waals surface area contributed by atoms with Gasteiger partial charge in [-0.25, -0.2) is 0 Å². The fourth-order valence-electron chi connectivity index (χ4n) is 4.58. The minimum absolute atomic E-state index is 0. The number of carbonyl (C=O) groups is 1. The van der Waals surface area contributed by atoms with Crippen LogP contribution in [0.5, 0.6) is 5.75 Å². The number of guanidine groups is 1. The zero-order valence-electron chi connectivity index (χ0n) is 19.2. The van der Waals surface area contributed by atoms with E-state index >= 15 is 0 Å². The van der Waals surface area contributed by atoms with E-state index in [1.807, 2.05) is 19.2 Å². The first-order valence-corrected chi connectivity index (χ1v) is 11.5. The summed E-state index contributed by atoms with van der Waals surface area (Å²) < 4.78 is 5.24. The Kier molecular flexibility index (Phi) is 10.9. The van der Waals surface area contributed by atoms with Crippen LogP contribution in [0.1, 0.15) is 63.4 Å². The van der Waals surface area contributed by atoms with Crippen molar-refractivity contribution in [1.29, 1.82) is 0 Å². The largest absolute Gasteiger partial charge is 0.497 e. The molecule has 174 valence electrons. The molecule has 3 rings (SSSR count). The molecule has 2 N–H and O–H groups in total. The monoisotopic (exact) mass is 542 g/mol. The van der Waals surface area contributed by atoms with Crippen molar-refractivity contribution < 1.29 is 9.53 Å². The van der Waals surface area contributed by atoms with Crippen LogP contribution in [0.15, 0.2) is 29.3 Å². The molecule has 6 nitrogen and oxygen atoms in total. The van der Waals surface area contributed by atoms with Crippen molar-refractivity contribution in [2.24, 2.45) is 10.9 Å². The molecule has 0 aromatic heterocycles. The molecule has 2 atom stereocenters. The zero-order chi connectivity index (χ0) is 21.3. The third-order valence-electron chi connectivity index (χ3n) is 6.57. The van der Waals surface area contributed by atoms with E-state index in [0.717, 1.165) is 57.0 Å². The molecule has 1 amide bonds. The van der Waals surface area contributed by atoms with Gasteiger partial charge in [0, 0.05) is 38.6 Å². The van der Waals surface area contributed by atoms with E-state index in [2.05, 4.69) is 39.6 Å². The summed E-state index contributed by atoms with van der Waals surface area (Å²) in [6.45, 7) is 4.74. The topological polar surface area (TPSA) is 66.0 Å². The Morgan fingerprint density at radius 3 is 2.55 bits per heavy atom. The van der Waals surface area contributed by atoms with E-state index in [1.165, 1.54) is 24.8 Å². The predicted octanol–water partition coefficient (Wildman–Crippen LogP) is 4.15. The van der Waals surface area contributed by atoms with Gasteiger partial charge < -0.3 is 20.3 Å². The number of ether oxygens (including phenoxy) is 1. The number of likely N-dealkylation sites (tertiary alicyclic amines) is 1. The number of nitrogens with one attached hydrogen (secondary N) is 2. The van der Waals surface area contributed by atoms with Gasteiger partial charge in [-0.3, -0.25) is 9.79 Å². The predicted molar refractivity (Wildman–Crippen MR) is 137 cm³/mol. The molecular weight excluding hydrogens is 503 g/mol. The van der Waals surface area contributed by atoms with E-state index in [1.54, 1.807) is 7.11 Å². The van der Waals surface area contributed by atoms with Gasteiger partial charge in [-0.2, -0.15) is 0 Å². The fraction of sp³-hybridized carbons (Fsp3) is 0.667. The normalized spacial score (nSPS) is 20.7. The lowest BCUT2D eigenvalue weighted by atomic mass is 9.88. The molecule has 7 heteroatoms. The smallest absolute Gasteiger partial charge is 0.225 e. The minimum Gasteiger partial charge on any atom is -0.497 e. The average Bonchev–Trinajstić information content (AvgIpc) is 3.27. The maximum Gasteiger partial charge on any atom is 0.225 e. The van der Waals surface area contributed by atoms with Crippen LogP contribution in [0.2, 0.25) is 0 Å². The minimum atomic E-state index is 0. The summed E-state index contributed by atoms with van der Waals surface area (Å²) in [5, 5.41) is 6.95. The number of rotatable bonds is 7.